The van der Waals surface area contributed by atoms with Gasteiger partial charge in [-0.2, -0.15) is 0 Å². The molecule has 0 aromatic heterocycles. The van der Waals surface area contributed by atoms with Crippen LogP contribution in [0.5, 0.6) is 0 Å². The van der Waals surface area contributed by atoms with Crippen molar-refractivity contribution in [3.63, 3.8) is 0 Å². The van der Waals surface area contributed by atoms with E-state index in [1.807, 2.05) is 0 Å². The predicted molar refractivity (Wildman–Crippen MR) is 72.9 cm³/mol. The van der Waals surface area contributed by atoms with Gasteiger partial charge in [-0.1, -0.05) is 13.0 Å². The van der Waals surface area contributed by atoms with Crippen LogP contribution >= 0.6 is 0 Å². The summed E-state index contributed by atoms with van der Waals surface area (Å²) in [5.74, 6) is 3.14. The van der Waals surface area contributed by atoms with Crippen molar-refractivity contribution in [1.29, 1.82) is 0 Å². The SMILES string of the molecule is C=CC(NCCC)C12CC3CC(CC(C3)C1)C2. The highest BCUT2D eigenvalue weighted by Gasteiger charge is 2.53. The van der Waals surface area contributed by atoms with Gasteiger partial charge in [0.1, 0.15) is 0 Å². The Morgan fingerprint density at radius 3 is 2.12 bits per heavy atom. The number of hydrogen-bond donors (Lipinski definition) is 1. The molecule has 1 N–H and O–H groups in total. The smallest absolute Gasteiger partial charge is 0.0304 e. The fraction of sp³-hybridized carbons (Fsp3) is 0.875. The lowest BCUT2D eigenvalue weighted by Crippen LogP contribution is -2.55. The lowest BCUT2D eigenvalue weighted by molar-refractivity contribution is -0.0649. The molecule has 0 heterocycles. The Hall–Kier alpha value is -0.300. The second-order valence-electron chi connectivity index (χ2n) is 6.95. The molecular formula is C16H27N. The van der Waals surface area contributed by atoms with E-state index in [2.05, 4.69) is 24.9 Å². The lowest BCUT2D eigenvalue weighted by Gasteiger charge is -2.59. The summed E-state index contributed by atoms with van der Waals surface area (Å²) in [5, 5.41) is 3.76. The fourth-order valence-corrected chi connectivity index (χ4v) is 5.41. The average Bonchev–Trinajstić information content (AvgIpc) is 2.27. The maximum atomic E-state index is 4.11. The van der Waals surface area contributed by atoms with Crippen LogP contribution in [0.25, 0.3) is 0 Å². The number of nitrogens with one attached hydrogen (secondary N) is 1. The number of hydrogen-bond acceptors (Lipinski definition) is 1. The van der Waals surface area contributed by atoms with Crippen molar-refractivity contribution in [3.05, 3.63) is 12.7 Å². The molecule has 17 heavy (non-hydrogen) atoms. The average molecular weight is 233 g/mol. The zero-order valence-corrected chi connectivity index (χ0v) is 11.3. The van der Waals surface area contributed by atoms with Gasteiger partial charge in [0.15, 0.2) is 0 Å². The fourth-order valence-electron chi connectivity index (χ4n) is 5.41. The Balaban J connectivity index is 1.77. The first-order valence-electron chi connectivity index (χ1n) is 7.61. The zero-order chi connectivity index (χ0) is 11.9. The van der Waals surface area contributed by atoms with Crippen molar-refractivity contribution in [2.24, 2.45) is 23.2 Å². The second-order valence-corrected chi connectivity index (χ2v) is 6.95. The van der Waals surface area contributed by atoms with E-state index >= 15 is 0 Å². The van der Waals surface area contributed by atoms with Gasteiger partial charge in [-0.25, -0.2) is 0 Å². The molecule has 1 nitrogen and oxygen atoms in total. The minimum absolute atomic E-state index is 0.579. The molecule has 4 fully saturated rings. The van der Waals surface area contributed by atoms with Crippen LogP contribution < -0.4 is 5.32 Å². The summed E-state index contributed by atoms with van der Waals surface area (Å²) in [4.78, 5) is 0. The third kappa shape index (κ3) is 1.97. The van der Waals surface area contributed by atoms with Crippen LogP contribution in [0.3, 0.4) is 0 Å². The molecule has 96 valence electrons. The van der Waals surface area contributed by atoms with Crippen molar-refractivity contribution in [2.75, 3.05) is 6.54 Å². The maximum absolute atomic E-state index is 4.11. The van der Waals surface area contributed by atoms with Gasteiger partial charge in [-0.3, -0.25) is 0 Å². The van der Waals surface area contributed by atoms with E-state index in [9.17, 15) is 0 Å². The first kappa shape index (κ1) is 11.8. The molecule has 4 aliphatic rings. The lowest BCUT2D eigenvalue weighted by atomic mass is 9.47. The Labute approximate surface area is 106 Å². The first-order chi connectivity index (χ1) is 8.25. The van der Waals surface area contributed by atoms with Gasteiger partial charge >= 0.3 is 0 Å². The summed E-state index contributed by atoms with van der Waals surface area (Å²) in [6, 6.07) is 0.579. The molecule has 0 spiro atoms. The monoisotopic (exact) mass is 233 g/mol. The van der Waals surface area contributed by atoms with Crippen molar-refractivity contribution in [2.45, 2.75) is 57.9 Å². The predicted octanol–water partition coefficient (Wildman–Crippen LogP) is 3.76. The van der Waals surface area contributed by atoms with E-state index in [0.29, 0.717) is 11.5 Å². The molecule has 0 aromatic carbocycles. The molecule has 0 saturated heterocycles. The minimum Gasteiger partial charge on any atom is -0.310 e. The van der Waals surface area contributed by atoms with Crippen LogP contribution in [0.4, 0.5) is 0 Å². The van der Waals surface area contributed by atoms with Crippen LogP contribution in [0.1, 0.15) is 51.9 Å². The molecule has 0 radical (unpaired) electrons. The molecule has 1 atom stereocenters. The van der Waals surface area contributed by atoms with Gasteiger partial charge in [0.05, 0.1) is 0 Å². The van der Waals surface area contributed by atoms with Crippen molar-refractivity contribution in [1.82, 2.24) is 5.32 Å². The van der Waals surface area contributed by atoms with E-state index in [1.54, 1.807) is 0 Å². The first-order valence-corrected chi connectivity index (χ1v) is 7.61. The van der Waals surface area contributed by atoms with Crippen molar-refractivity contribution >= 4 is 0 Å². The van der Waals surface area contributed by atoms with E-state index in [4.69, 9.17) is 0 Å². The van der Waals surface area contributed by atoms with E-state index in [1.165, 1.54) is 44.9 Å². The van der Waals surface area contributed by atoms with Crippen LogP contribution in [0.15, 0.2) is 12.7 Å². The molecule has 0 amide bonds. The summed E-state index contributed by atoms with van der Waals surface area (Å²) in [7, 11) is 0. The molecule has 0 aliphatic heterocycles. The van der Waals surface area contributed by atoms with Crippen LogP contribution in [-0.4, -0.2) is 12.6 Å². The van der Waals surface area contributed by atoms with Crippen LogP contribution in [0, 0.1) is 23.2 Å². The number of rotatable bonds is 5. The molecule has 4 aliphatic carbocycles. The van der Waals surface area contributed by atoms with E-state index in [0.717, 1.165) is 24.3 Å². The molecule has 0 aromatic rings. The van der Waals surface area contributed by atoms with E-state index < -0.39 is 0 Å². The Morgan fingerprint density at radius 1 is 1.18 bits per heavy atom. The Kier molecular flexibility index (Phi) is 3.06. The highest BCUT2D eigenvalue weighted by atomic mass is 14.9. The summed E-state index contributed by atoms with van der Waals surface area (Å²) < 4.78 is 0. The maximum Gasteiger partial charge on any atom is 0.0304 e. The molecular weight excluding hydrogens is 206 g/mol. The summed E-state index contributed by atoms with van der Waals surface area (Å²) in [5.41, 5.74) is 0.589. The van der Waals surface area contributed by atoms with Gasteiger partial charge < -0.3 is 5.32 Å². The van der Waals surface area contributed by atoms with Crippen molar-refractivity contribution < 1.29 is 0 Å². The van der Waals surface area contributed by atoms with Crippen molar-refractivity contribution in [3.8, 4) is 0 Å². The normalized spacial score (nSPS) is 44.9. The highest BCUT2D eigenvalue weighted by molar-refractivity contribution is 5.10. The topological polar surface area (TPSA) is 12.0 Å². The van der Waals surface area contributed by atoms with Gasteiger partial charge in [0.2, 0.25) is 0 Å². The molecule has 4 rings (SSSR count). The largest absolute Gasteiger partial charge is 0.310 e. The molecule has 4 saturated carbocycles. The zero-order valence-electron chi connectivity index (χ0n) is 11.3. The third-order valence-corrected chi connectivity index (χ3v) is 5.60. The minimum atomic E-state index is 0.579. The van der Waals surface area contributed by atoms with Crippen LogP contribution in [-0.2, 0) is 0 Å². The summed E-state index contributed by atoms with van der Waals surface area (Å²) in [6.45, 7) is 7.52. The molecule has 1 unspecified atom stereocenters. The summed E-state index contributed by atoms with van der Waals surface area (Å²) >= 11 is 0. The van der Waals surface area contributed by atoms with Gasteiger partial charge in [0.25, 0.3) is 0 Å². The van der Waals surface area contributed by atoms with Gasteiger partial charge in [-0.15, -0.1) is 6.58 Å². The van der Waals surface area contributed by atoms with Gasteiger partial charge in [0, 0.05) is 6.04 Å². The van der Waals surface area contributed by atoms with Gasteiger partial charge in [-0.05, 0) is 74.7 Å². The third-order valence-electron chi connectivity index (χ3n) is 5.60. The standard InChI is InChI=1S/C16H27N/c1-3-5-17-15(4-2)16-9-12-6-13(10-16)8-14(7-12)11-16/h4,12-15,17H,2-3,5-11H2,1H3. The quantitative estimate of drug-likeness (QED) is 0.713. The molecule has 4 bridgehead atoms. The Morgan fingerprint density at radius 2 is 1.71 bits per heavy atom. The van der Waals surface area contributed by atoms with Crippen LogP contribution in [0.2, 0.25) is 0 Å². The highest BCUT2D eigenvalue weighted by Crippen LogP contribution is 2.61. The summed E-state index contributed by atoms with van der Waals surface area (Å²) in [6.07, 6.45) is 12.5. The Bertz CT molecular complexity index is 259. The second kappa shape index (κ2) is 4.42. The van der Waals surface area contributed by atoms with E-state index in [-0.39, 0.29) is 0 Å². The molecule has 1 heteroatoms.